The maximum Gasteiger partial charge on any atom is 0.306 e. The number of carbonyl (C=O) groups is 2. The lowest BCUT2D eigenvalue weighted by atomic mass is 10.0. The molecular weight excluding hydrogens is 743 g/mol. The molecule has 352 valence electrons. The van der Waals surface area contributed by atoms with Crippen LogP contribution in [0.4, 0.5) is 0 Å². The Balaban J connectivity index is 4.57. The van der Waals surface area contributed by atoms with Gasteiger partial charge in [0.25, 0.3) is 0 Å². The smallest absolute Gasteiger partial charge is 0.306 e. The molecule has 0 heterocycles. The first kappa shape index (κ1) is 58.1. The zero-order valence-corrected chi connectivity index (χ0v) is 40.1. The minimum Gasteiger partial charge on any atom is -0.462 e. The van der Waals surface area contributed by atoms with E-state index in [4.69, 9.17) is 4.74 Å². The fourth-order valence-corrected chi connectivity index (χ4v) is 8.08. The molecule has 0 bridgehead atoms. The van der Waals surface area contributed by atoms with Crippen molar-refractivity contribution >= 4 is 11.9 Å². The van der Waals surface area contributed by atoms with E-state index in [2.05, 4.69) is 62.5 Å². The molecule has 3 unspecified atom stereocenters. The van der Waals surface area contributed by atoms with Crippen molar-refractivity contribution in [2.75, 3.05) is 6.61 Å². The maximum absolute atomic E-state index is 13.2. The van der Waals surface area contributed by atoms with E-state index in [1.54, 1.807) is 0 Å². The van der Waals surface area contributed by atoms with Gasteiger partial charge in [-0.15, -0.1) is 0 Å². The van der Waals surface area contributed by atoms with E-state index >= 15 is 0 Å². The molecule has 6 heteroatoms. The molecule has 0 saturated carbocycles. The van der Waals surface area contributed by atoms with Crippen molar-refractivity contribution < 1.29 is 24.5 Å². The number of aliphatic hydroxyl groups is 2. The summed E-state index contributed by atoms with van der Waals surface area (Å²) in [5.74, 6) is -0.485. The van der Waals surface area contributed by atoms with E-state index in [-0.39, 0.29) is 24.9 Å². The van der Waals surface area contributed by atoms with Gasteiger partial charge in [0.05, 0.1) is 25.2 Å². The molecule has 0 aliphatic carbocycles. The van der Waals surface area contributed by atoms with Crippen LogP contribution in [0.3, 0.4) is 0 Å². The van der Waals surface area contributed by atoms with Crippen molar-refractivity contribution in [1.82, 2.24) is 5.32 Å². The van der Waals surface area contributed by atoms with E-state index < -0.39 is 18.2 Å². The largest absolute Gasteiger partial charge is 0.462 e. The molecule has 0 aliphatic heterocycles. The monoisotopic (exact) mass is 844 g/mol. The summed E-state index contributed by atoms with van der Waals surface area (Å²) in [5, 5.41) is 23.8. The number of hydrogen-bond acceptors (Lipinski definition) is 5. The van der Waals surface area contributed by atoms with Crippen LogP contribution in [0.1, 0.15) is 271 Å². The molecule has 0 saturated heterocycles. The van der Waals surface area contributed by atoms with Gasteiger partial charge in [-0.25, -0.2) is 0 Å². The molecule has 0 aromatic carbocycles. The number of esters is 1. The van der Waals surface area contributed by atoms with Gasteiger partial charge in [0, 0.05) is 6.42 Å². The van der Waals surface area contributed by atoms with Crippen LogP contribution in [0.25, 0.3) is 0 Å². The van der Waals surface area contributed by atoms with E-state index in [1.165, 1.54) is 154 Å². The number of hydrogen-bond donors (Lipinski definition) is 3. The summed E-state index contributed by atoms with van der Waals surface area (Å²) in [7, 11) is 0. The van der Waals surface area contributed by atoms with Gasteiger partial charge < -0.3 is 20.3 Å². The van der Waals surface area contributed by atoms with Gasteiger partial charge in [-0.1, -0.05) is 250 Å². The minimum atomic E-state index is -0.788. The van der Waals surface area contributed by atoms with Crippen LogP contribution >= 0.6 is 0 Å². The lowest BCUT2D eigenvalue weighted by Gasteiger charge is -2.24. The first-order valence-corrected chi connectivity index (χ1v) is 26.2. The second-order valence-electron chi connectivity index (χ2n) is 18.0. The zero-order chi connectivity index (χ0) is 43.8. The summed E-state index contributed by atoms with van der Waals surface area (Å²) < 4.78 is 5.93. The van der Waals surface area contributed by atoms with Crippen LogP contribution in [0.2, 0.25) is 0 Å². The Morgan fingerprint density at radius 3 is 1.35 bits per heavy atom. The molecule has 0 radical (unpaired) electrons. The molecule has 60 heavy (non-hydrogen) atoms. The van der Waals surface area contributed by atoms with Crippen molar-refractivity contribution in [3.05, 3.63) is 36.5 Å². The molecule has 0 rings (SSSR count). The van der Waals surface area contributed by atoms with Crippen molar-refractivity contribution in [3.63, 3.8) is 0 Å². The summed E-state index contributed by atoms with van der Waals surface area (Å²) in [4.78, 5) is 26.1. The normalized spacial score (nSPS) is 13.5. The van der Waals surface area contributed by atoms with E-state index in [9.17, 15) is 19.8 Å². The molecule has 0 aromatic heterocycles. The third-order valence-corrected chi connectivity index (χ3v) is 12.0. The van der Waals surface area contributed by atoms with Crippen molar-refractivity contribution in [2.24, 2.45) is 0 Å². The molecule has 0 aliphatic rings. The van der Waals surface area contributed by atoms with Crippen molar-refractivity contribution in [3.8, 4) is 0 Å². The van der Waals surface area contributed by atoms with Gasteiger partial charge >= 0.3 is 5.97 Å². The molecule has 3 atom stereocenters. The number of amides is 1. The maximum atomic E-state index is 13.2. The topological polar surface area (TPSA) is 95.9 Å². The molecular formula is C54H101NO5. The lowest BCUT2D eigenvalue weighted by molar-refractivity contribution is -0.151. The van der Waals surface area contributed by atoms with Crippen LogP contribution < -0.4 is 5.32 Å². The quantitative estimate of drug-likeness (QED) is 0.0322. The summed E-state index contributed by atoms with van der Waals surface area (Å²) in [6.07, 6.45) is 56.3. The third kappa shape index (κ3) is 42.8. The number of unbranched alkanes of at least 4 members (excludes halogenated alkanes) is 31. The Bertz CT molecular complexity index is 993. The fourth-order valence-electron chi connectivity index (χ4n) is 8.08. The minimum absolute atomic E-state index is 0.0733. The number of aliphatic hydroxyl groups excluding tert-OH is 2. The Morgan fingerprint density at radius 2 is 0.900 bits per heavy atom. The summed E-state index contributed by atoms with van der Waals surface area (Å²) >= 11 is 0. The van der Waals surface area contributed by atoms with Gasteiger partial charge in [0.2, 0.25) is 5.91 Å². The van der Waals surface area contributed by atoms with Gasteiger partial charge in [0.1, 0.15) is 6.10 Å². The average molecular weight is 844 g/mol. The second-order valence-corrected chi connectivity index (χ2v) is 18.0. The molecule has 0 spiro atoms. The zero-order valence-electron chi connectivity index (χ0n) is 40.1. The van der Waals surface area contributed by atoms with Crippen LogP contribution in [0.5, 0.6) is 0 Å². The van der Waals surface area contributed by atoms with Crippen LogP contribution in [-0.4, -0.2) is 46.9 Å². The highest BCUT2D eigenvalue weighted by Gasteiger charge is 2.24. The molecule has 1 amide bonds. The number of carbonyl (C=O) groups excluding carboxylic acids is 2. The van der Waals surface area contributed by atoms with Crippen LogP contribution in [-0.2, 0) is 14.3 Å². The Labute approximate surface area is 373 Å². The van der Waals surface area contributed by atoms with E-state index in [0.29, 0.717) is 19.3 Å². The van der Waals surface area contributed by atoms with Gasteiger partial charge in [-0.05, 0) is 44.9 Å². The molecule has 0 aromatic rings. The first-order valence-electron chi connectivity index (χ1n) is 26.2. The third-order valence-electron chi connectivity index (χ3n) is 12.0. The average Bonchev–Trinajstić information content (AvgIpc) is 3.24. The SMILES string of the molecule is CC/C=C/C=C/C=C\CCCCCCCC(=O)OC(CCCCCCCCCCCCCCCCC)CC(=O)NC(CO)C(O)CCCCCCCCCCCCCCC. The lowest BCUT2D eigenvalue weighted by Crippen LogP contribution is -2.46. The summed E-state index contributed by atoms with van der Waals surface area (Å²) in [6, 6.07) is -0.702. The molecule has 6 nitrogen and oxygen atoms in total. The number of rotatable bonds is 47. The van der Waals surface area contributed by atoms with Crippen LogP contribution in [0.15, 0.2) is 36.5 Å². The van der Waals surface area contributed by atoms with Gasteiger partial charge in [-0.2, -0.15) is 0 Å². The van der Waals surface area contributed by atoms with E-state index in [0.717, 1.165) is 70.6 Å². The summed E-state index contributed by atoms with van der Waals surface area (Å²) in [5.41, 5.74) is 0. The Kier molecular flexibility index (Phi) is 46.6. The Morgan fingerprint density at radius 1 is 0.500 bits per heavy atom. The van der Waals surface area contributed by atoms with Crippen molar-refractivity contribution in [2.45, 2.75) is 289 Å². The number of ether oxygens (including phenoxy) is 1. The Hall–Kier alpha value is -1.92. The highest BCUT2D eigenvalue weighted by molar-refractivity contribution is 5.77. The number of nitrogens with one attached hydrogen (secondary N) is 1. The first-order chi connectivity index (χ1) is 29.5. The van der Waals surface area contributed by atoms with Crippen molar-refractivity contribution in [1.29, 1.82) is 0 Å². The molecule has 0 fully saturated rings. The van der Waals surface area contributed by atoms with Crippen LogP contribution in [0, 0.1) is 0 Å². The highest BCUT2D eigenvalue weighted by Crippen LogP contribution is 2.18. The van der Waals surface area contributed by atoms with E-state index in [1.807, 2.05) is 0 Å². The standard InChI is InChI=1S/C54H101NO5/c1-4-7-10-13-16-19-22-25-26-29-30-33-36-39-42-45-50(60-54(59)47-44-41-38-35-32-28-24-21-18-15-12-9-6-3)48-53(58)55-51(49-56)52(57)46-43-40-37-34-31-27-23-20-17-14-11-8-5-2/h9,12,15,18,21,24,50-52,56-57H,4-8,10-11,13-14,16-17,19-20,22-23,25-49H2,1-3H3,(H,55,58)/b12-9+,18-15+,24-21-. The predicted molar refractivity (Wildman–Crippen MR) is 259 cm³/mol. The second kappa shape index (κ2) is 48.1. The highest BCUT2D eigenvalue weighted by atomic mass is 16.5. The predicted octanol–water partition coefficient (Wildman–Crippen LogP) is 15.7. The number of allylic oxidation sites excluding steroid dienone is 6. The van der Waals surface area contributed by atoms with Gasteiger partial charge in [-0.3, -0.25) is 9.59 Å². The summed E-state index contributed by atoms with van der Waals surface area (Å²) in [6.45, 7) is 6.37. The fraction of sp³-hybridized carbons (Fsp3) is 0.852. The molecule has 3 N–H and O–H groups in total. The van der Waals surface area contributed by atoms with Gasteiger partial charge in [0.15, 0.2) is 0 Å².